The van der Waals surface area contributed by atoms with Crippen molar-refractivity contribution in [3.05, 3.63) is 64.7 Å². The van der Waals surface area contributed by atoms with Gasteiger partial charge in [0.05, 0.1) is 31.4 Å². The highest BCUT2D eigenvalue weighted by atomic mass is 16.6. The van der Waals surface area contributed by atoms with Crippen LogP contribution in [0, 0.1) is 10.1 Å². The van der Waals surface area contributed by atoms with Gasteiger partial charge in [-0.1, -0.05) is 0 Å². The topological polar surface area (TPSA) is 155 Å². The van der Waals surface area contributed by atoms with E-state index in [9.17, 15) is 20.3 Å². The van der Waals surface area contributed by atoms with Crippen molar-refractivity contribution in [3.8, 4) is 17.2 Å². The number of benzene rings is 3. The van der Waals surface area contributed by atoms with Crippen molar-refractivity contribution in [1.29, 1.82) is 0 Å². The molecule has 0 saturated carbocycles. The Hall–Kier alpha value is -4.58. The molecule has 0 aromatic heterocycles. The van der Waals surface area contributed by atoms with Crippen molar-refractivity contribution < 1.29 is 24.6 Å². The highest BCUT2D eigenvalue weighted by molar-refractivity contribution is 5.67. The Morgan fingerprint density at radius 1 is 0.889 bits per heavy atom. The average molecular weight is 495 g/mol. The zero-order chi connectivity index (χ0) is 26.1. The third-order valence-electron chi connectivity index (χ3n) is 5.16. The predicted octanol–water partition coefficient (Wildman–Crippen LogP) is 5.97. The number of azo groups is 2. The molecule has 188 valence electrons. The lowest BCUT2D eigenvalue weighted by Gasteiger charge is -2.22. The standard InChI is InChI=1S/C24H26N6O6/c1-4-29(11-12-31)18-9-10-19(22(32)13-18)26-28-21-15-23(35-2)20(14-24(21)36-3)27-25-16-5-7-17(8-6-16)30(33)34/h5-10,13-15,31-32H,4,11-12H2,1-3H3. The summed E-state index contributed by atoms with van der Waals surface area (Å²) in [6.45, 7) is 3.07. The molecule has 12 heteroatoms. The van der Waals surface area contributed by atoms with Crippen LogP contribution < -0.4 is 14.4 Å². The van der Waals surface area contributed by atoms with E-state index in [2.05, 4.69) is 20.5 Å². The summed E-state index contributed by atoms with van der Waals surface area (Å²) < 4.78 is 10.8. The Labute approximate surface area is 207 Å². The molecule has 0 radical (unpaired) electrons. The molecule has 0 bridgehead atoms. The van der Waals surface area contributed by atoms with Gasteiger partial charge in [0, 0.05) is 49.1 Å². The molecule has 0 aliphatic heterocycles. The van der Waals surface area contributed by atoms with E-state index in [4.69, 9.17) is 9.47 Å². The van der Waals surface area contributed by atoms with Crippen LogP contribution in [0.4, 0.5) is 34.1 Å². The molecule has 0 unspecified atom stereocenters. The number of phenols is 1. The summed E-state index contributed by atoms with van der Waals surface area (Å²) >= 11 is 0. The van der Waals surface area contributed by atoms with E-state index in [-0.39, 0.29) is 23.7 Å². The molecular weight excluding hydrogens is 468 g/mol. The van der Waals surface area contributed by atoms with Gasteiger partial charge in [0.25, 0.3) is 5.69 Å². The maximum atomic E-state index is 10.8. The zero-order valence-corrected chi connectivity index (χ0v) is 20.0. The number of likely N-dealkylation sites (N-methyl/N-ethyl adjacent to an activating group) is 1. The largest absolute Gasteiger partial charge is 0.506 e. The Morgan fingerprint density at radius 3 is 1.97 bits per heavy atom. The quantitative estimate of drug-likeness (QED) is 0.189. The first-order valence-corrected chi connectivity index (χ1v) is 10.9. The number of hydrogen-bond donors (Lipinski definition) is 2. The Balaban J connectivity index is 1.86. The minimum atomic E-state index is -0.493. The molecule has 0 amide bonds. The average Bonchev–Trinajstić information content (AvgIpc) is 2.89. The van der Waals surface area contributed by atoms with Gasteiger partial charge in [-0.05, 0) is 31.2 Å². The molecule has 0 heterocycles. The fourth-order valence-corrected chi connectivity index (χ4v) is 3.27. The van der Waals surface area contributed by atoms with Crippen molar-refractivity contribution >= 4 is 34.1 Å². The van der Waals surface area contributed by atoms with Gasteiger partial charge in [-0.25, -0.2) is 0 Å². The van der Waals surface area contributed by atoms with Crippen molar-refractivity contribution in [3.63, 3.8) is 0 Å². The number of anilines is 1. The van der Waals surface area contributed by atoms with Gasteiger partial charge in [0.15, 0.2) is 0 Å². The van der Waals surface area contributed by atoms with Crippen molar-refractivity contribution in [1.82, 2.24) is 0 Å². The van der Waals surface area contributed by atoms with Crippen LogP contribution >= 0.6 is 0 Å². The second-order valence-corrected chi connectivity index (χ2v) is 7.35. The molecular formula is C24H26N6O6. The lowest BCUT2D eigenvalue weighted by Crippen LogP contribution is -2.25. The van der Waals surface area contributed by atoms with Gasteiger partial charge in [0.2, 0.25) is 0 Å². The molecule has 36 heavy (non-hydrogen) atoms. The lowest BCUT2D eigenvalue weighted by molar-refractivity contribution is -0.384. The summed E-state index contributed by atoms with van der Waals surface area (Å²) in [6, 6.07) is 13.7. The van der Waals surface area contributed by atoms with Crippen LogP contribution in [0.25, 0.3) is 0 Å². The highest BCUT2D eigenvalue weighted by Gasteiger charge is 2.13. The fourth-order valence-electron chi connectivity index (χ4n) is 3.27. The number of nitrogens with zero attached hydrogens (tertiary/aromatic N) is 6. The number of aliphatic hydroxyl groups excluding tert-OH is 1. The number of methoxy groups -OCH3 is 2. The predicted molar refractivity (Wildman–Crippen MR) is 134 cm³/mol. The molecule has 3 aromatic rings. The van der Waals surface area contributed by atoms with Gasteiger partial charge in [0.1, 0.15) is 34.3 Å². The van der Waals surface area contributed by atoms with Crippen LogP contribution in [0.15, 0.2) is 75.1 Å². The van der Waals surface area contributed by atoms with Gasteiger partial charge < -0.3 is 24.6 Å². The number of phenolic OH excluding ortho intramolecular Hbond substituents is 1. The maximum Gasteiger partial charge on any atom is 0.269 e. The molecule has 3 rings (SSSR count). The van der Waals surface area contributed by atoms with Crippen LogP contribution in [0.3, 0.4) is 0 Å². The first-order valence-electron chi connectivity index (χ1n) is 10.9. The third kappa shape index (κ3) is 6.30. The van der Waals surface area contributed by atoms with E-state index in [1.807, 2.05) is 11.8 Å². The van der Waals surface area contributed by atoms with Gasteiger partial charge in [-0.2, -0.15) is 5.11 Å². The molecule has 0 atom stereocenters. The summed E-state index contributed by atoms with van der Waals surface area (Å²) in [6.07, 6.45) is 0. The zero-order valence-electron chi connectivity index (χ0n) is 20.0. The first kappa shape index (κ1) is 26.0. The van der Waals surface area contributed by atoms with E-state index in [0.717, 1.165) is 5.69 Å². The summed E-state index contributed by atoms with van der Waals surface area (Å²) in [5.74, 6) is 0.623. The minimum Gasteiger partial charge on any atom is -0.506 e. The summed E-state index contributed by atoms with van der Waals surface area (Å²) in [4.78, 5) is 12.2. The molecule has 3 aromatic carbocycles. The van der Waals surface area contributed by atoms with Crippen LogP contribution in [-0.4, -0.2) is 49.1 Å². The normalized spacial score (nSPS) is 11.2. The molecule has 0 spiro atoms. The van der Waals surface area contributed by atoms with E-state index in [0.29, 0.717) is 41.7 Å². The monoisotopic (exact) mass is 494 g/mol. The summed E-state index contributed by atoms with van der Waals surface area (Å²) in [5.41, 5.74) is 2.07. The highest BCUT2D eigenvalue weighted by Crippen LogP contribution is 2.41. The van der Waals surface area contributed by atoms with E-state index < -0.39 is 4.92 Å². The maximum absolute atomic E-state index is 10.8. The van der Waals surface area contributed by atoms with Crippen molar-refractivity contribution in [2.75, 3.05) is 38.8 Å². The number of nitro benzene ring substituents is 1. The van der Waals surface area contributed by atoms with Gasteiger partial charge in [-0.3, -0.25) is 10.1 Å². The van der Waals surface area contributed by atoms with E-state index in [1.54, 1.807) is 30.3 Å². The SMILES string of the molecule is CCN(CCO)c1ccc(N=Nc2cc(OC)c(N=Nc3ccc([N+](=O)[O-])cc3)cc2OC)c(O)c1. The Bertz CT molecular complexity index is 1260. The van der Waals surface area contributed by atoms with Gasteiger partial charge >= 0.3 is 0 Å². The van der Waals surface area contributed by atoms with E-state index in [1.165, 1.54) is 38.5 Å². The van der Waals surface area contributed by atoms with Crippen molar-refractivity contribution in [2.24, 2.45) is 20.5 Å². The lowest BCUT2D eigenvalue weighted by atomic mass is 10.2. The summed E-state index contributed by atoms with van der Waals surface area (Å²) in [5, 5.41) is 47.0. The Kier molecular flexibility index (Phi) is 8.84. The van der Waals surface area contributed by atoms with Gasteiger partial charge in [-0.15, -0.1) is 15.3 Å². The molecule has 0 aliphatic rings. The number of non-ortho nitro benzene ring substituents is 1. The van der Waals surface area contributed by atoms with Crippen LogP contribution in [0.5, 0.6) is 17.2 Å². The molecule has 0 fully saturated rings. The smallest absolute Gasteiger partial charge is 0.269 e. The molecule has 12 nitrogen and oxygen atoms in total. The minimum absolute atomic E-state index is 0.00112. The van der Waals surface area contributed by atoms with Crippen molar-refractivity contribution in [2.45, 2.75) is 6.92 Å². The van der Waals surface area contributed by atoms with Crippen LogP contribution in [0.2, 0.25) is 0 Å². The Morgan fingerprint density at radius 2 is 1.47 bits per heavy atom. The molecule has 2 N–H and O–H groups in total. The molecule has 0 saturated heterocycles. The van der Waals surface area contributed by atoms with E-state index >= 15 is 0 Å². The number of ether oxygens (including phenoxy) is 2. The number of aromatic hydroxyl groups is 1. The first-order chi connectivity index (χ1) is 17.4. The number of hydrogen-bond acceptors (Lipinski definition) is 11. The molecule has 0 aliphatic carbocycles. The fraction of sp³-hybridized carbons (Fsp3) is 0.250. The third-order valence-corrected chi connectivity index (χ3v) is 5.16. The number of rotatable bonds is 11. The number of aliphatic hydroxyl groups is 1. The second kappa shape index (κ2) is 12.2. The number of nitro groups is 1. The van der Waals surface area contributed by atoms with Crippen LogP contribution in [-0.2, 0) is 0 Å². The summed E-state index contributed by atoms with van der Waals surface area (Å²) in [7, 11) is 2.93. The van der Waals surface area contributed by atoms with Crippen LogP contribution in [0.1, 0.15) is 6.92 Å². The second-order valence-electron chi connectivity index (χ2n) is 7.35.